The highest BCUT2D eigenvalue weighted by molar-refractivity contribution is 5.09. The molecule has 0 radical (unpaired) electrons. The summed E-state index contributed by atoms with van der Waals surface area (Å²) in [6.45, 7) is 3.17. The van der Waals surface area contributed by atoms with Gasteiger partial charge in [-0.1, -0.05) is 5.16 Å². The molecule has 5 nitrogen and oxygen atoms in total. The quantitative estimate of drug-likeness (QED) is 0.909. The Morgan fingerprint density at radius 1 is 1.16 bits per heavy atom. The van der Waals surface area contributed by atoms with Gasteiger partial charge in [-0.3, -0.25) is 0 Å². The molecule has 1 aliphatic carbocycles. The lowest BCUT2D eigenvalue weighted by molar-refractivity contribution is -0.0178. The van der Waals surface area contributed by atoms with Gasteiger partial charge in [0, 0.05) is 7.11 Å². The van der Waals surface area contributed by atoms with Crippen LogP contribution >= 0.6 is 0 Å². The van der Waals surface area contributed by atoms with Crippen LogP contribution in [0.15, 0.2) is 4.52 Å². The van der Waals surface area contributed by atoms with Gasteiger partial charge < -0.3 is 14.6 Å². The van der Waals surface area contributed by atoms with Crippen molar-refractivity contribution in [3.63, 3.8) is 0 Å². The molecule has 3 rings (SSSR count). The highest BCUT2D eigenvalue weighted by Crippen LogP contribution is 2.41. The van der Waals surface area contributed by atoms with Crippen molar-refractivity contribution in [3.05, 3.63) is 11.7 Å². The van der Waals surface area contributed by atoms with Crippen molar-refractivity contribution >= 4 is 0 Å². The third-order valence-corrected chi connectivity index (χ3v) is 4.73. The third-order valence-electron chi connectivity index (χ3n) is 4.73. The molecule has 2 fully saturated rings. The molecule has 2 heterocycles. The molecule has 1 aromatic heterocycles. The van der Waals surface area contributed by atoms with Crippen molar-refractivity contribution in [1.29, 1.82) is 0 Å². The lowest BCUT2D eigenvalue weighted by Crippen LogP contribution is -2.43. The highest BCUT2D eigenvalue weighted by Gasteiger charge is 2.42. The Kier molecular flexibility index (Phi) is 3.35. The summed E-state index contributed by atoms with van der Waals surface area (Å²) >= 11 is 0. The maximum Gasteiger partial charge on any atom is 0.246 e. The predicted octanol–water partition coefficient (Wildman–Crippen LogP) is 2.47. The van der Waals surface area contributed by atoms with Gasteiger partial charge in [-0.25, -0.2) is 0 Å². The van der Waals surface area contributed by atoms with Gasteiger partial charge in [-0.15, -0.1) is 0 Å². The van der Waals surface area contributed by atoms with Crippen LogP contribution in [-0.4, -0.2) is 23.8 Å². The van der Waals surface area contributed by atoms with Crippen LogP contribution in [-0.2, 0) is 15.9 Å². The summed E-state index contributed by atoms with van der Waals surface area (Å²) in [6.07, 6.45) is 7.81. The smallest absolute Gasteiger partial charge is 0.246 e. The topological polar surface area (TPSA) is 60.2 Å². The molecule has 1 aromatic rings. The lowest BCUT2D eigenvalue weighted by Gasteiger charge is -2.31. The summed E-state index contributed by atoms with van der Waals surface area (Å²) < 4.78 is 11.3. The highest BCUT2D eigenvalue weighted by atomic mass is 16.5. The molecule has 1 saturated carbocycles. The summed E-state index contributed by atoms with van der Waals surface area (Å²) in [5, 5.41) is 7.72. The Labute approximate surface area is 114 Å². The number of nitrogens with zero attached hydrogens (tertiary/aromatic N) is 2. The number of methoxy groups -OCH3 is 1. The monoisotopic (exact) mass is 265 g/mol. The first-order valence-electron chi connectivity index (χ1n) is 7.33. The van der Waals surface area contributed by atoms with Crippen LogP contribution in [0.4, 0.5) is 0 Å². The molecule has 0 bridgehead atoms. The fourth-order valence-corrected chi connectivity index (χ4v) is 3.34. The summed E-state index contributed by atoms with van der Waals surface area (Å²) in [7, 11) is 1.75. The van der Waals surface area contributed by atoms with Gasteiger partial charge in [0.15, 0.2) is 0 Å². The van der Waals surface area contributed by atoms with Crippen molar-refractivity contribution in [2.24, 2.45) is 0 Å². The van der Waals surface area contributed by atoms with Crippen molar-refractivity contribution in [3.8, 4) is 0 Å². The molecule has 0 amide bonds. The van der Waals surface area contributed by atoms with Crippen LogP contribution < -0.4 is 5.32 Å². The molecule has 1 N–H and O–H groups in total. The fourth-order valence-electron chi connectivity index (χ4n) is 3.34. The normalized spacial score (nSPS) is 30.6. The molecule has 106 valence electrons. The average Bonchev–Trinajstić information content (AvgIpc) is 3.09. The zero-order chi connectivity index (χ0) is 13.3. The van der Waals surface area contributed by atoms with Crippen LogP contribution in [0.1, 0.15) is 63.6 Å². The maximum absolute atomic E-state index is 5.71. The number of piperidine rings is 1. The van der Waals surface area contributed by atoms with E-state index in [1.807, 2.05) is 0 Å². The predicted molar refractivity (Wildman–Crippen MR) is 70.7 cm³/mol. The van der Waals surface area contributed by atoms with E-state index in [4.69, 9.17) is 9.26 Å². The SMILES string of the molecule is COC1(c2noc(C3(C)CCCCN3)n2)CCCC1. The lowest BCUT2D eigenvalue weighted by atomic mass is 9.91. The van der Waals surface area contributed by atoms with Gasteiger partial charge in [0.05, 0.1) is 5.54 Å². The van der Waals surface area contributed by atoms with E-state index in [1.165, 1.54) is 25.7 Å². The summed E-state index contributed by atoms with van der Waals surface area (Å²) in [5.74, 6) is 1.45. The van der Waals surface area contributed by atoms with Crippen LogP contribution in [0.25, 0.3) is 0 Å². The summed E-state index contributed by atoms with van der Waals surface area (Å²) in [4.78, 5) is 4.67. The van der Waals surface area contributed by atoms with Crippen LogP contribution in [0.2, 0.25) is 0 Å². The van der Waals surface area contributed by atoms with E-state index < -0.39 is 0 Å². The van der Waals surface area contributed by atoms with E-state index >= 15 is 0 Å². The molecule has 1 atom stereocenters. The van der Waals surface area contributed by atoms with Gasteiger partial charge in [0.1, 0.15) is 5.60 Å². The zero-order valence-electron chi connectivity index (χ0n) is 11.9. The number of rotatable bonds is 3. The molecule has 19 heavy (non-hydrogen) atoms. The van der Waals surface area contributed by atoms with E-state index in [-0.39, 0.29) is 11.1 Å². The summed E-state index contributed by atoms with van der Waals surface area (Å²) in [5.41, 5.74) is -0.482. The Morgan fingerprint density at radius 3 is 2.53 bits per heavy atom. The maximum atomic E-state index is 5.71. The first-order chi connectivity index (χ1) is 9.19. The van der Waals surface area contributed by atoms with Gasteiger partial charge in [0.2, 0.25) is 11.7 Å². The molecule has 5 heteroatoms. The number of ether oxygens (including phenoxy) is 1. The first kappa shape index (κ1) is 13.1. The molecule has 1 unspecified atom stereocenters. The van der Waals surface area contributed by atoms with E-state index in [0.717, 1.165) is 31.6 Å². The van der Waals surface area contributed by atoms with Crippen molar-refractivity contribution in [1.82, 2.24) is 15.5 Å². The molecule has 1 saturated heterocycles. The second kappa shape index (κ2) is 4.87. The zero-order valence-corrected chi connectivity index (χ0v) is 11.9. The van der Waals surface area contributed by atoms with E-state index in [1.54, 1.807) is 7.11 Å². The Morgan fingerprint density at radius 2 is 1.89 bits per heavy atom. The Hall–Kier alpha value is -0.940. The number of hydrogen-bond donors (Lipinski definition) is 1. The Bertz CT molecular complexity index is 432. The Balaban J connectivity index is 1.86. The second-order valence-electron chi connectivity index (χ2n) is 6.04. The van der Waals surface area contributed by atoms with Crippen LogP contribution in [0, 0.1) is 0 Å². The molecule has 1 aliphatic heterocycles. The third kappa shape index (κ3) is 2.19. The van der Waals surface area contributed by atoms with Crippen molar-refractivity contribution in [2.45, 2.75) is 63.0 Å². The molecule has 0 aromatic carbocycles. The minimum Gasteiger partial charge on any atom is -0.370 e. The van der Waals surface area contributed by atoms with Gasteiger partial charge in [-0.05, 0) is 58.4 Å². The standard InChI is InChI=1S/C14H23N3O2/c1-13(7-5-6-10-15-13)12-16-11(17-19-12)14(18-2)8-3-4-9-14/h15H,3-10H2,1-2H3. The largest absolute Gasteiger partial charge is 0.370 e. The fraction of sp³-hybridized carbons (Fsp3) is 0.857. The van der Waals surface area contributed by atoms with Gasteiger partial charge in [-0.2, -0.15) is 4.98 Å². The average molecular weight is 265 g/mol. The minimum absolute atomic E-state index is 0.170. The van der Waals surface area contributed by atoms with Crippen molar-refractivity contribution < 1.29 is 9.26 Å². The molecular formula is C14H23N3O2. The molecule has 2 aliphatic rings. The van der Waals surface area contributed by atoms with E-state index in [9.17, 15) is 0 Å². The summed E-state index contributed by atoms with van der Waals surface area (Å²) in [6, 6.07) is 0. The van der Waals surface area contributed by atoms with Crippen LogP contribution in [0.3, 0.4) is 0 Å². The number of hydrogen-bond acceptors (Lipinski definition) is 5. The molecule has 0 spiro atoms. The van der Waals surface area contributed by atoms with E-state index in [2.05, 4.69) is 22.4 Å². The second-order valence-corrected chi connectivity index (χ2v) is 6.04. The number of aromatic nitrogens is 2. The van der Waals surface area contributed by atoms with Crippen molar-refractivity contribution in [2.75, 3.05) is 13.7 Å². The minimum atomic E-state index is -0.313. The molecular weight excluding hydrogens is 242 g/mol. The van der Waals surface area contributed by atoms with Crippen LogP contribution in [0.5, 0.6) is 0 Å². The van der Waals surface area contributed by atoms with Gasteiger partial charge in [0.25, 0.3) is 0 Å². The first-order valence-corrected chi connectivity index (χ1v) is 7.33. The van der Waals surface area contributed by atoms with E-state index in [0.29, 0.717) is 5.89 Å². The van der Waals surface area contributed by atoms with Gasteiger partial charge >= 0.3 is 0 Å². The number of nitrogens with one attached hydrogen (secondary N) is 1.